The quantitative estimate of drug-likeness (QED) is 0.572. The number of aryl methyl sites for hydroxylation is 1. The van der Waals surface area contributed by atoms with Gasteiger partial charge in [0.05, 0.1) is 24.8 Å². The molecule has 1 heterocycles. The summed E-state index contributed by atoms with van der Waals surface area (Å²) >= 11 is 1.52. The first-order valence-corrected chi connectivity index (χ1v) is 7.35. The molecule has 0 saturated heterocycles. The lowest BCUT2D eigenvalue weighted by atomic mass is 10.2. The Morgan fingerprint density at radius 3 is 2.75 bits per heavy atom. The number of nitrogens with zero attached hydrogens (tertiary/aromatic N) is 2. The Morgan fingerprint density at radius 1 is 1.45 bits per heavy atom. The minimum absolute atomic E-state index is 0.0135. The van der Waals surface area contributed by atoms with Crippen molar-refractivity contribution in [3.05, 3.63) is 16.3 Å². The third-order valence-corrected chi connectivity index (χ3v) is 3.50. The Hall–Kier alpha value is -1.87. The van der Waals surface area contributed by atoms with Crippen LogP contribution in [0.5, 0.6) is 0 Å². The Bertz CT molecular complexity index is 505. The fourth-order valence-corrected chi connectivity index (χ4v) is 2.37. The lowest BCUT2D eigenvalue weighted by Gasteiger charge is -2.19. The third-order valence-electron chi connectivity index (χ3n) is 2.66. The third kappa shape index (κ3) is 4.67. The second-order valence-corrected chi connectivity index (χ2v) is 5.34. The van der Waals surface area contributed by atoms with E-state index in [2.05, 4.69) is 0 Å². The zero-order chi connectivity index (χ0) is 15.0. The van der Waals surface area contributed by atoms with Crippen molar-refractivity contribution >= 4 is 28.9 Å². The molecule has 6 heteroatoms. The first-order chi connectivity index (χ1) is 9.60. The van der Waals surface area contributed by atoms with Crippen LogP contribution in [0.1, 0.15) is 31.1 Å². The number of rotatable bonds is 7. The number of hydrogen-bond acceptors (Lipinski definition) is 5. The van der Waals surface area contributed by atoms with E-state index in [0.717, 1.165) is 17.0 Å². The molecule has 0 bridgehead atoms. The average molecular weight is 294 g/mol. The number of thiophene rings is 1. The predicted octanol–water partition coefficient (Wildman–Crippen LogP) is 2.65. The van der Waals surface area contributed by atoms with Gasteiger partial charge in [-0.2, -0.15) is 5.26 Å². The maximum absolute atomic E-state index is 12.1. The van der Waals surface area contributed by atoms with E-state index in [1.165, 1.54) is 16.2 Å². The molecular weight excluding hydrogens is 276 g/mol. The van der Waals surface area contributed by atoms with E-state index in [1.807, 2.05) is 31.4 Å². The molecule has 0 aliphatic rings. The molecule has 0 aromatic carbocycles. The highest BCUT2D eigenvalue weighted by atomic mass is 32.1. The van der Waals surface area contributed by atoms with Gasteiger partial charge in [-0.15, -0.1) is 11.3 Å². The van der Waals surface area contributed by atoms with Crippen molar-refractivity contribution in [2.75, 3.05) is 18.1 Å². The first kappa shape index (κ1) is 16.2. The molecule has 0 N–H and O–H groups in total. The van der Waals surface area contributed by atoms with Crippen LogP contribution in [-0.4, -0.2) is 25.0 Å². The maximum Gasteiger partial charge on any atom is 0.306 e. The largest absolute Gasteiger partial charge is 0.466 e. The van der Waals surface area contributed by atoms with Crippen molar-refractivity contribution in [3.8, 4) is 6.07 Å². The molecule has 0 aliphatic carbocycles. The second kappa shape index (κ2) is 8.33. The zero-order valence-electron chi connectivity index (χ0n) is 11.7. The van der Waals surface area contributed by atoms with Crippen molar-refractivity contribution in [1.29, 1.82) is 5.26 Å². The number of esters is 1. The van der Waals surface area contributed by atoms with Gasteiger partial charge in [-0.3, -0.25) is 14.5 Å². The topological polar surface area (TPSA) is 70.4 Å². The predicted molar refractivity (Wildman–Crippen MR) is 77.5 cm³/mol. The minimum atomic E-state index is -0.376. The summed E-state index contributed by atoms with van der Waals surface area (Å²) in [5, 5.41) is 10.7. The summed E-state index contributed by atoms with van der Waals surface area (Å²) in [4.78, 5) is 25.9. The van der Waals surface area contributed by atoms with E-state index in [-0.39, 0.29) is 31.3 Å². The number of amides is 1. The summed E-state index contributed by atoms with van der Waals surface area (Å²) < 4.78 is 4.92. The van der Waals surface area contributed by atoms with E-state index >= 15 is 0 Å². The molecule has 0 unspecified atom stereocenters. The highest BCUT2D eigenvalue weighted by Gasteiger charge is 2.19. The van der Waals surface area contributed by atoms with Gasteiger partial charge in [0.2, 0.25) is 5.91 Å². The molecule has 1 amide bonds. The molecule has 0 spiro atoms. The molecule has 0 atom stereocenters. The van der Waals surface area contributed by atoms with Crippen LogP contribution in [0.25, 0.3) is 0 Å². The van der Waals surface area contributed by atoms with Gasteiger partial charge in [0, 0.05) is 11.3 Å². The summed E-state index contributed by atoms with van der Waals surface area (Å²) in [5.74, 6) is -0.611. The van der Waals surface area contributed by atoms with E-state index in [9.17, 15) is 9.59 Å². The molecule has 108 valence electrons. The van der Waals surface area contributed by atoms with Gasteiger partial charge in [0.1, 0.15) is 6.54 Å². The van der Waals surface area contributed by atoms with Crippen LogP contribution in [0.2, 0.25) is 0 Å². The second-order valence-electron chi connectivity index (χ2n) is 4.22. The number of nitriles is 1. The molecule has 1 aromatic rings. The molecule has 0 radical (unpaired) electrons. The monoisotopic (exact) mass is 294 g/mol. The highest BCUT2D eigenvalue weighted by molar-refractivity contribution is 7.10. The van der Waals surface area contributed by atoms with Crippen LogP contribution in [0, 0.1) is 18.3 Å². The Morgan fingerprint density at radius 2 is 2.20 bits per heavy atom. The van der Waals surface area contributed by atoms with Crippen molar-refractivity contribution in [2.24, 2.45) is 0 Å². The van der Waals surface area contributed by atoms with Crippen LogP contribution < -0.4 is 4.90 Å². The van der Waals surface area contributed by atoms with Gasteiger partial charge >= 0.3 is 5.97 Å². The van der Waals surface area contributed by atoms with Gasteiger partial charge in [0.15, 0.2) is 0 Å². The molecule has 5 nitrogen and oxygen atoms in total. The van der Waals surface area contributed by atoms with Crippen molar-refractivity contribution in [1.82, 2.24) is 0 Å². The number of anilines is 1. The number of hydrogen-bond donors (Lipinski definition) is 0. The Balaban J connectivity index is 2.60. The lowest BCUT2D eigenvalue weighted by molar-refractivity contribution is -0.144. The van der Waals surface area contributed by atoms with E-state index in [4.69, 9.17) is 10.00 Å². The van der Waals surface area contributed by atoms with E-state index in [1.54, 1.807) is 0 Å². The van der Waals surface area contributed by atoms with Crippen molar-refractivity contribution in [2.45, 2.75) is 33.1 Å². The fraction of sp³-hybridized carbons (Fsp3) is 0.500. The first-order valence-electron chi connectivity index (χ1n) is 6.47. The normalized spacial score (nSPS) is 9.85. The minimum Gasteiger partial charge on any atom is -0.466 e. The van der Waals surface area contributed by atoms with Gasteiger partial charge in [-0.1, -0.05) is 6.92 Å². The Kier molecular flexibility index (Phi) is 6.74. The van der Waals surface area contributed by atoms with Crippen LogP contribution in [-0.2, 0) is 14.3 Å². The SMILES string of the molecule is CCCOC(=O)CCC(=O)N(CC#N)c1ccsc1C. The summed E-state index contributed by atoms with van der Waals surface area (Å²) in [5.41, 5.74) is 0.739. The van der Waals surface area contributed by atoms with Crippen molar-refractivity contribution in [3.63, 3.8) is 0 Å². The van der Waals surface area contributed by atoms with E-state index < -0.39 is 0 Å². The van der Waals surface area contributed by atoms with Crippen LogP contribution in [0.4, 0.5) is 5.69 Å². The highest BCUT2D eigenvalue weighted by Crippen LogP contribution is 2.25. The molecule has 20 heavy (non-hydrogen) atoms. The van der Waals surface area contributed by atoms with Crippen LogP contribution in [0.15, 0.2) is 11.4 Å². The van der Waals surface area contributed by atoms with Gasteiger partial charge in [-0.25, -0.2) is 0 Å². The maximum atomic E-state index is 12.1. The molecule has 1 rings (SSSR count). The van der Waals surface area contributed by atoms with Gasteiger partial charge in [-0.05, 0) is 24.8 Å². The van der Waals surface area contributed by atoms with Gasteiger partial charge in [0.25, 0.3) is 0 Å². The van der Waals surface area contributed by atoms with Crippen LogP contribution >= 0.6 is 11.3 Å². The average Bonchev–Trinajstić information content (AvgIpc) is 2.85. The standard InChI is InChI=1S/C14H18N2O3S/c1-3-9-19-14(18)5-4-13(17)16(8-7-15)12-6-10-20-11(12)2/h6,10H,3-5,8-9H2,1-2H3. The zero-order valence-corrected chi connectivity index (χ0v) is 12.5. The molecule has 0 fully saturated rings. The molecule has 0 aliphatic heterocycles. The summed E-state index contributed by atoms with van der Waals surface area (Å²) in [6, 6.07) is 3.79. The number of carbonyl (C=O) groups excluding carboxylic acids is 2. The number of ether oxygens (including phenoxy) is 1. The molecule has 0 saturated carbocycles. The molecule has 1 aromatic heterocycles. The number of carbonyl (C=O) groups is 2. The van der Waals surface area contributed by atoms with Crippen molar-refractivity contribution < 1.29 is 14.3 Å². The Labute approximate surface area is 122 Å². The van der Waals surface area contributed by atoms with Gasteiger partial charge < -0.3 is 4.74 Å². The fourth-order valence-electron chi connectivity index (χ4n) is 1.67. The summed E-state index contributed by atoms with van der Waals surface area (Å²) in [6.07, 6.45) is 0.859. The summed E-state index contributed by atoms with van der Waals surface area (Å²) in [6.45, 7) is 4.17. The van der Waals surface area contributed by atoms with Crippen LogP contribution in [0.3, 0.4) is 0 Å². The lowest BCUT2D eigenvalue weighted by Crippen LogP contribution is -2.31. The molecular formula is C14H18N2O3S. The van der Waals surface area contributed by atoms with E-state index in [0.29, 0.717) is 6.61 Å². The summed E-state index contributed by atoms with van der Waals surface area (Å²) in [7, 11) is 0. The smallest absolute Gasteiger partial charge is 0.306 e.